The van der Waals surface area contributed by atoms with Crippen LogP contribution < -0.4 is 0 Å². The van der Waals surface area contributed by atoms with E-state index in [1.54, 1.807) is 0 Å². The van der Waals surface area contributed by atoms with Crippen molar-refractivity contribution in [2.24, 2.45) is 10.9 Å². The molecule has 0 amide bonds. The topological polar surface area (TPSA) is 21.6 Å². The molecule has 2 nitrogen and oxygen atoms in total. The maximum absolute atomic E-state index is 5.70. The van der Waals surface area contributed by atoms with E-state index in [9.17, 15) is 0 Å². The Hall–Kier alpha value is -0.153. The molecule has 0 N–H and O–H groups in total. The zero-order valence-electron chi connectivity index (χ0n) is 9.63. The summed E-state index contributed by atoms with van der Waals surface area (Å²) in [4.78, 5) is 4.30. The molecule has 0 heterocycles. The van der Waals surface area contributed by atoms with E-state index in [0.29, 0.717) is 5.92 Å². The molecule has 0 atom stereocenters. The lowest BCUT2D eigenvalue weighted by atomic mass is 10.2. The van der Waals surface area contributed by atoms with Crippen molar-refractivity contribution in [1.82, 2.24) is 0 Å². The monoisotopic (exact) mass is 201 g/mol. The van der Waals surface area contributed by atoms with Crippen molar-refractivity contribution in [1.29, 1.82) is 0 Å². The lowest BCUT2D eigenvalue weighted by Crippen LogP contribution is -2.25. The number of hydrogen-bond acceptors (Lipinski definition) is 2. The van der Waals surface area contributed by atoms with Gasteiger partial charge in [0, 0.05) is 19.4 Å². The Balaban J connectivity index is 3.27. The predicted molar refractivity (Wildman–Crippen MR) is 62.1 cm³/mol. The molecule has 0 fully saturated rings. The van der Waals surface area contributed by atoms with E-state index in [2.05, 4.69) is 38.5 Å². The second-order valence-corrected chi connectivity index (χ2v) is 9.13. The largest absolute Gasteiger partial charge is 0.418 e. The first-order valence-electron chi connectivity index (χ1n) is 5.06. The molecule has 0 aromatic heterocycles. The average Bonchev–Trinajstić information content (AvgIpc) is 1.93. The molecule has 0 spiro atoms. The molecular weight excluding hydrogens is 178 g/mol. The minimum Gasteiger partial charge on any atom is -0.418 e. The standard InChI is InChI=1S/C10H23NOSi/c1-10(2)9-11-7-6-8-12-13(3,4)5/h9-10H,6-8H2,1-5H3. The third kappa shape index (κ3) is 11.8. The zero-order valence-corrected chi connectivity index (χ0v) is 10.6. The van der Waals surface area contributed by atoms with Gasteiger partial charge in [0.15, 0.2) is 8.32 Å². The quantitative estimate of drug-likeness (QED) is 0.368. The highest BCUT2D eigenvalue weighted by molar-refractivity contribution is 6.69. The molecular formula is C10H23NOSi. The fraction of sp³-hybridized carbons (Fsp3) is 0.900. The van der Waals surface area contributed by atoms with Crippen molar-refractivity contribution in [2.45, 2.75) is 39.9 Å². The third-order valence-corrected chi connectivity index (χ3v) is 2.44. The predicted octanol–water partition coefficient (Wildman–Crippen LogP) is 2.95. The van der Waals surface area contributed by atoms with Crippen molar-refractivity contribution in [2.75, 3.05) is 13.2 Å². The molecule has 0 rings (SSSR count). The number of hydrogen-bond donors (Lipinski definition) is 0. The summed E-state index contributed by atoms with van der Waals surface area (Å²) in [5.74, 6) is 0.568. The van der Waals surface area contributed by atoms with Gasteiger partial charge in [-0.15, -0.1) is 0 Å². The highest BCUT2D eigenvalue weighted by Gasteiger charge is 2.12. The Labute approximate surface area is 83.5 Å². The summed E-state index contributed by atoms with van der Waals surface area (Å²) in [5.41, 5.74) is 0. The summed E-state index contributed by atoms with van der Waals surface area (Å²) in [7, 11) is -1.29. The van der Waals surface area contributed by atoms with Crippen LogP contribution in [0, 0.1) is 5.92 Å². The second kappa shape index (κ2) is 6.32. The van der Waals surface area contributed by atoms with Crippen molar-refractivity contribution >= 4 is 14.5 Å². The van der Waals surface area contributed by atoms with Gasteiger partial charge in [0.2, 0.25) is 0 Å². The SMILES string of the molecule is CC(C)C=NCCCO[Si](C)(C)C. The van der Waals surface area contributed by atoms with Crippen molar-refractivity contribution in [3.05, 3.63) is 0 Å². The Kier molecular flexibility index (Phi) is 6.25. The Morgan fingerprint density at radius 1 is 1.31 bits per heavy atom. The van der Waals surface area contributed by atoms with Crippen molar-refractivity contribution in [3.63, 3.8) is 0 Å². The van der Waals surface area contributed by atoms with Gasteiger partial charge in [0.25, 0.3) is 0 Å². The lowest BCUT2D eigenvalue weighted by Gasteiger charge is -2.16. The van der Waals surface area contributed by atoms with Crippen molar-refractivity contribution in [3.8, 4) is 0 Å². The summed E-state index contributed by atoms with van der Waals surface area (Å²) < 4.78 is 5.70. The van der Waals surface area contributed by atoms with E-state index in [1.165, 1.54) is 0 Å². The van der Waals surface area contributed by atoms with E-state index in [1.807, 2.05) is 6.21 Å². The molecule has 13 heavy (non-hydrogen) atoms. The molecule has 0 bridgehead atoms. The van der Waals surface area contributed by atoms with Crippen LogP contribution in [0.15, 0.2) is 4.99 Å². The molecule has 0 radical (unpaired) electrons. The molecule has 78 valence electrons. The maximum atomic E-state index is 5.70. The van der Waals surface area contributed by atoms with Crippen LogP contribution in [0.25, 0.3) is 0 Å². The van der Waals surface area contributed by atoms with Gasteiger partial charge in [-0.1, -0.05) is 13.8 Å². The van der Waals surface area contributed by atoms with Crippen LogP contribution >= 0.6 is 0 Å². The number of rotatable bonds is 6. The molecule has 0 aliphatic rings. The van der Waals surface area contributed by atoms with Crippen LogP contribution in [0.4, 0.5) is 0 Å². The van der Waals surface area contributed by atoms with E-state index in [-0.39, 0.29) is 0 Å². The fourth-order valence-corrected chi connectivity index (χ4v) is 1.58. The number of nitrogens with zero attached hydrogens (tertiary/aromatic N) is 1. The maximum Gasteiger partial charge on any atom is 0.183 e. The molecule has 3 heteroatoms. The van der Waals surface area contributed by atoms with Crippen LogP contribution in [0.2, 0.25) is 19.6 Å². The van der Waals surface area contributed by atoms with Gasteiger partial charge in [-0.3, -0.25) is 4.99 Å². The molecule has 0 saturated heterocycles. The first-order valence-corrected chi connectivity index (χ1v) is 8.46. The van der Waals surface area contributed by atoms with Crippen LogP contribution in [0.3, 0.4) is 0 Å². The van der Waals surface area contributed by atoms with E-state index in [4.69, 9.17) is 4.43 Å². The van der Waals surface area contributed by atoms with Gasteiger partial charge in [0.05, 0.1) is 0 Å². The van der Waals surface area contributed by atoms with Gasteiger partial charge in [-0.05, 0) is 32.0 Å². The first-order chi connectivity index (χ1) is 5.92. The second-order valence-electron chi connectivity index (χ2n) is 4.61. The highest BCUT2D eigenvalue weighted by atomic mass is 28.4. The molecule has 0 aliphatic heterocycles. The first kappa shape index (κ1) is 12.8. The third-order valence-electron chi connectivity index (χ3n) is 1.37. The Bertz CT molecular complexity index is 149. The minimum atomic E-state index is -1.29. The van der Waals surface area contributed by atoms with Gasteiger partial charge in [0.1, 0.15) is 0 Å². The lowest BCUT2D eigenvalue weighted by molar-refractivity contribution is 0.307. The summed E-state index contributed by atoms with van der Waals surface area (Å²) in [5, 5.41) is 0. The summed E-state index contributed by atoms with van der Waals surface area (Å²) in [6, 6.07) is 0. The van der Waals surface area contributed by atoms with Gasteiger partial charge < -0.3 is 4.43 Å². The van der Waals surface area contributed by atoms with Gasteiger partial charge >= 0.3 is 0 Å². The molecule has 0 aromatic carbocycles. The smallest absolute Gasteiger partial charge is 0.183 e. The minimum absolute atomic E-state index is 0.568. The normalized spacial score (nSPS) is 13.1. The van der Waals surface area contributed by atoms with Crippen LogP contribution in [-0.2, 0) is 4.43 Å². The fourth-order valence-electron chi connectivity index (χ4n) is 0.820. The van der Waals surface area contributed by atoms with E-state index < -0.39 is 8.32 Å². The highest BCUT2D eigenvalue weighted by Crippen LogP contribution is 2.02. The molecule has 0 aliphatic carbocycles. The van der Waals surface area contributed by atoms with Gasteiger partial charge in [-0.2, -0.15) is 0 Å². The Morgan fingerprint density at radius 3 is 2.38 bits per heavy atom. The molecule has 0 saturated carbocycles. The average molecular weight is 201 g/mol. The molecule has 0 aromatic rings. The van der Waals surface area contributed by atoms with E-state index in [0.717, 1.165) is 19.6 Å². The van der Waals surface area contributed by atoms with Crippen molar-refractivity contribution < 1.29 is 4.43 Å². The van der Waals surface area contributed by atoms with Crippen LogP contribution in [0.5, 0.6) is 0 Å². The van der Waals surface area contributed by atoms with E-state index >= 15 is 0 Å². The summed E-state index contributed by atoms with van der Waals surface area (Å²) in [6.07, 6.45) is 3.06. The number of aliphatic imine (C=N–C) groups is 1. The van der Waals surface area contributed by atoms with Gasteiger partial charge in [-0.25, -0.2) is 0 Å². The van der Waals surface area contributed by atoms with Crippen LogP contribution in [-0.4, -0.2) is 27.7 Å². The summed E-state index contributed by atoms with van der Waals surface area (Å²) in [6.45, 7) is 12.7. The summed E-state index contributed by atoms with van der Waals surface area (Å²) >= 11 is 0. The van der Waals surface area contributed by atoms with Crippen LogP contribution in [0.1, 0.15) is 20.3 Å². The zero-order chi connectivity index (χ0) is 10.3. The Morgan fingerprint density at radius 2 is 1.92 bits per heavy atom. The molecule has 0 unspecified atom stereocenters.